The second-order valence-corrected chi connectivity index (χ2v) is 3.18. The SMILES string of the molecule is CCCN(C)CCNC(=O)CNC. The fraction of sp³-hybridized carbons (Fsp3) is 0.889. The number of nitrogens with zero attached hydrogens (tertiary/aromatic N) is 1. The van der Waals surface area contributed by atoms with Gasteiger partial charge in [0.25, 0.3) is 0 Å². The molecule has 0 radical (unpaired) electrons. The average molecular weight is 187 g/mol. The van der Waals surface area contributed by atoms with Crippen molar-refractivity contribution in [2.75, 3.05) is 40.3 Å². The molecule has 0 aliphatic carbocycles. The van der Waals surface area contributed by atoms with Crippen LogP contribution in [0.4, 0.5) is 0 Å². The van der Waals surface area contributed by atoms with Crippen molar-refractivity contribution < 1.29 is 4.79 Å². The van der Waals surface area contributed by atoms with E-state index in [2.05, 4.69) is 29.5 Å². The first kappa shape index (κ1) is 12.4. The molecule has 1 amide bonds. The molecule has 0 spiro atoms. The first-order chi connectivity index (χ1) is 6.20. The summed E-state index contributed by atoms with van der Waals surface area (Å²) < 4.78 is 0. The minimum atomic E-state index is 0.0624. The molecule has 0 aliphatic heterocycles. The van der Waals surface area contributed by atoms with Crippen molar-refractivity contribution in [2.45, 2.75) is 13.3 Å². The first-order valence-electron chi connectivity index (χ1n) is 4.80. The highest BCUT2D eigenvalue weighted by atomic mass is 16.1. The summed E-state index contributed by atoms with van der Waals surface area (Å²) in [5.74, 6) is 0.0624. The Morgan fingerprint density at radius 1 is 1.38 bits per heavy atom. The maximum absolute atomic E-state index is 11.0. The van der Waals surface area contributed by atoms with E-state index < -0.39 is 0 Å². The molecule has 0 aromatic heterocycles. The summed E-state index contributed by atoms with van der Waals surface area (Å²) in [5, 5.41) is 5.63. The zero-order valence-electron chi connectivity index (χ0n) is 8.89. The Labute approximate surface area is 80.7 Å². The third-order valence-corrected chi connectivity index (χ3v) is 1.76. The number of carbonyl (C=O) groups excluding carboxylic acids is 1. The molecule has 4 heteroatoms. The Balaban J connectivity index is 3.28. The standard InChI is InChI=1S/C9H21N3O/c1-4-6-12(3)7-5-11-9(13)8-10-2/h10H,4-8H2,1-3H3,(H,11,13). The molecule has 0 rings (SSSR count). The van der Waals surface area contributed by atoms with Gasteiger partial charge in [0.2, 0.25) is 5.91 Å². The van der Waals surface area contributed by atoms with Gasteiger partial charge in [-0.15, -0.1) is 0 Å². The number of hydrogen-bond donors (Lipinski definition) is 2. The summed E-state index contributed by atoms with van der Waals surface area (Å²) >= 11 is 0. The third kappa shape index (κ3) is 7.74. The molecule has 2 N–H and O–H groups in total. The van der Waals surface area contributed by atoms with E-state index in [1.165, 1.54) is 0 Å². The van der Waals surface area contributed by atoms with Crippen LogP contribution in [0.25, 0.3) is 0 Å². The maximum atomic E-state index is 11.0. The largest absolute Gasteiger partial charge is 0.354 e. The van der Waals surface area contributed by atoms with Crippen LogP contribution in [-0.2, 0) is 4.79 Å². The van der Waals surface area contributed by atoms with Crippen molar-refractivity contribution in [1.29, 1.82) is 0 Å². The topological polar surface area (TPSA) is 44.4 Å². The van der Waals surface area contributed by atoms with Gasteiger partial charge in [-0.3, -0.25) is 4.79 Å². The lowest BCUT2D eigenvalue weighted by molar-refractivity contribution is -0.120. The van der Waals surface area contributed by atoms with Crippen LogP contribution in [-0.4, -0.2) is 51.1 Å². The average Bonchev–Trinajstić information content (AvgIpc) is 2.05. The Morgan fingerprint density at radius 3 is 2.62 bits per heavy atom. The molecule has 4 nitrogen and oxygen atoms in total. The second-order valence-electron chi connectivity index (χ2n) is 3.18. The lowest BCUT2D eigenvalue weighted by Crippen LogP contribution is -2.37. The molecule has 0 heterocycles. The van der Waals surface area contributed by atoms with Crippen molar-refractivity contribution >= 4 is 5.91 Å². The number of likely N-dealkylation sites (N-methyl/N-ethyl adjacent to an activating group) is 2. The zero-order chi connectivity index (χ0) is 10.1. The second kappa shape index (κ2) is 8.01. The minimum absolute atomic E-state index is 0.0624. The molecule has 13 heavy (non-hydrogen) atoms. The third-order valence-electron chi connectivity index (χ3n) is 1.76. The van der Waals surface area contributed by atoms with Crippen LogP contribution in [0, 0.1) is 0 Å². The van der Waals surface area contributed by atoms with E-state index in [4.69, 9.17) is 0 Å². The highest BCUT2D eigenvalue weighted by Crippen LogP contribution is 1.83. The van der Waals surface area contributed by atoms with E-state index in [0.29, 0.717) is 6.54 Å². The van der Waals surface area contributed by atoms with Crippen molar-refractivity contribution in [3.05, 3.63) is 0 Å². The Bertz CT molecular complexity index is 139. The van der Waals surface area contributed by atoms with Crippen LogP contribution in [0.3, 0.4) is 0 Å². The highest BCUT2D eigenvalue weighted by molar-refractivity contribution is 5.77. The van der Waals surface area contributed by atoms with Gasteiger partial charge in [-0.2, -0.15) is 0 Å². The van der Waals surface area contributed by atoms with Gasteiger partial charge in [0.05, 0.1) is 6.54 Å². The quantitative estimate of drug-likeness (QED) is 0.573. The molecule has 78 valence electrons. The van der Waals surface area contributed by atoms with Crippen molar-refractivity contribution in [3.63, 3.8) is 0 Å². The van der Waals surface area contributed by atoms with Crippen LogP contribution < -0.4 is 10.6 Å². The van der Waals surface area contributed by atoms with Crippen LogP contribution in [0.1, 0.15) is 13.3 Å². The molecule has 0 aromatic carbocycles. The molecule has 0 unspecified atom stereocenters. The van der Waals surface area contributed by atoms with Crippen LogP contribution >= 0.6 is 0 Å². The molecule has 0 aliphatic rings. The van der Waals surface area contributed by atoms with E-state index in [0.717, 1.165) is 26.1 Å². The molecular formula is C9H21N3O. The zero-order valence-corrected chi connectivity index (χ0v) is 8.89. The summed E-state index contributed by atoms with van der Waals surface area (Å²) in [4.78, 5) is 13.2. The number of rotatable bonds is 7. The van der Waals surface area contributed by atoms with E-state index in [1.54, 1.807) is 7.05 Å². The summed E-state index contributed by atoms with van der Waals surface area (Å²) in [6.45, 7) is 5.29. The number of nitrogens with one attached hydrogen (secondary N) is 2. The Hall–Kier alpha value is -0.610. The van der Waals surface area contributed by atoms with Gasteiger partial charge in [-0.25, -0.2) is 0 Å². The molecule has 0 fully saturated rings. The van der Waals surface area contributed by atoms with Gasteiger partial charge < -0.3 is 15.5 Å². The minimum Gasteiger partial charge on any atom is -0.354 e. The van der Waals surface area contributed by atoms with Gasteiger partial charge in [-0.05, 0) is 27.1 Å². The van der Waals surface area contributed by atoms with Gasteiger partial charge in [0.1, 0.15) is 0 Å². The van der Waals surface area contributed by atoms with E-state index in [1.807, 2.05) is 0 Å². The van der Waals surface area contributed by atoms with E-state index >= 15 is 0 Å². The fourth-order valence-electron chi connectivity index (χ4n) is 1.10. The predicted molar refractivity (Wildman–Crippen MR) is 54.7 cm³/mol. The lowest BCUT2D eigenvalue weighted by atomic mass is 10.4. The molecule has 0 atom stereocenters. The smallest absolute Gasteiger partial charge is 0.233 e. The first-order valence-corrected chi connectivity index (χ1v) is 4.80. The van der Waals surface area contributed by atoms with Crippen LogP contribution in [0.5, 0.6) is 0 Å². The molecule has 0 aromatic rings. The monoisotopic (exact) mass is 187 g/mol. The lowest BCUT2D eigenvalue weighted by Gasteiger charge is -2.15. The van der Waals surface area contributed by atoms with Gasteiger partial charge in [-0.1, -0.05) is 6.92 Å². The Kier molecular flexibility index (Phi) is 7.63. The van der Waals surface area contributed by atoms with Crippen molar-refractivity contribution in [2.24, 2.45) is 0 Å². The maximum Gasteiger partial charge on any atom is 0.233 e. The van der Waals surface area contributed by atoms with E-state index in [9.17, 15) is 4.79 Å². The number of hydrogen-bond acceptors (Lipinski definition) is 3. The number of carbonyl (C=O) groups is 1. The summed E-state index contributed by atoms with van der Waals surface area (Å²) in [6, 6.07) is 0. The Morgan fingerprint density at radius 2 is 2.08 bits per heavy atom. The van der Waals surface area contributed by atoms with Crippen LogP contribution in [0.15, 0.2) is 0 Å². The van der Waals surface area contributed by atoms with Crippen LogP contribution in [0.2, 0.25) is 0 Å². The summed E-state index contributed by atoms with van der Waals surface area (Å²) in [5.41, 5.74) is 0. The number of amides is 1. The highest BCUT2D eigenvalue weighted by Gasteiger charge is 1.99. The van der Waals surface area contributed by atoms with Gasteiger partial charge in [0.15, 0.2) is 0 Å². The van der Waals surface area contributed by atoms with E-state index in [-0.39, 0.29) is 5.91 Å². The predicted octanol–water partition coefficient (Wildman–Crippen LogP) is -0.336. The normalized spacial score (nSPS) is 10.5. The molecule has 0 saturated carbocycles. The van der Waals surface area contributed by atoms with Crippen molar-refractivity contribution in [1.82, 2.24) is 15.5 Å². The molecule has 0 bridgehead atoms. The van der Waals surface area contributed by atoms with Crippen molar-refractivity contribution in [3.8, 4) is 0 Å². The summed E-state index contributed by atoms with van der Waals surface area (Å²) in [6.07, 6.45) is 1.15. The fourth-order valence-corrected chi connectivity index (χ4v) is 1.10. The van der Waals surface area contributed by atoms with Gasteiger partial charge in [0, 0.05) is 13.1 Å². The molecular weight excluding hydrogens is 166 g/mol. The molecule has 0 saturated heterocycles. The summed E-state index contributed by atoms with van der Waals surface area (Å²) in [7, 11) is 3.83. The van der Waals surface area contributed by atoms with Gasteiger partial charge >= 0.3 is 0 Å².